The normalized spacial score (nSPS) is 24.1. The molecule has 2 aliphatic rings. The van der Waals surface area contributed by atoms with Crippen molar-refractivity contribution in [2.45, 2.75) is 19.1 Å². The molecule has 2 fully saturated rings. The molecule has 0 aromatic carbocycles. The molecule has 2 saturated heterocycles. The topological polar surface area (TPSA) is 63.0 Å². The SMILES string of the molecule is O=C1CC(C(=O)N2CCOC(c3cccs3)C2)CN1Cc1ccco1. The summed E-state index contributed by atoms with van der Waals surface area (Å²) in [5, 5.41) is 2.02. The first-order chi connectivity index (χ1) is 12.2. The zero-order valence-electron chi connectivity index (χ0n) is 13.8. The average molecular weight is 360 g/mol. The van der Waals surface area contributed by atoms with Gasteiger partial charge in [-0.2, -0.15) is 0 Å². The molecular weight excluding hydrogens is 340 g/mol. The predicted octanol–water partition coefficient (Wildman–Crippen LogP) is 2.29. The maximum absolute atomic E-state index is 12.9. The van der Waals surface area contributed by atoms with E-state index in [4.69, 9.17) is 9.15 Å². The third-order valence-electron chi connectivity index (χ3n) is 4.73. The quantitative estimate of drug-likeness (QED) is 0.839. The highest BCUT2D eigenvalue weighted by Crippen LogP contribution is 2.28. The van der Waals surface area contributed by atoms with Crippen molar-refractivity contribution in [3.8, 4) is 0 Å². The predicted molar refractivity (Wildman–Crippen MR) is 91.8 cm³/mol. The summed E-state index contributed by atoms with van der Waals surface area (Å²) >= 11 is 1.64. The number of furan rings is 1. The fraction of sp³-hybridized carbons (Fsp3) is 0.444. The molecule has 2 unspecified atom stereocenters. The zero-order valence-corrected chi connectivity index (χ0v) is 14.6. The summed E-state index contributed by atoms with van der Waals surface area (Å²) in [6.45, 7) is 2.56. The number of ether oxygens (including phenoxy) is 1. The van der Waals surface area contributed by atoms with Crippen molar-refractivity contribution in [1.29, 1.82) is 0 Å². The third kappa shape index (κ3) is 3.48. The minimum Gasteiger partial charge on any atom is -0.467 e. The van der Waals surface area contributed by atoms with Gasteiger partial charge in [0.2, 0.25) is 11.8 Å². The standard InChI is InChI=1S/C18H20N2O4S/c21-17-9-13(10-20(17)11-14-3-1-6-23-14)18(22)19-5-7-24-15(12-19)16-4-2-8-25-16/h1-4,6,8,13,15H,5,7,9-12H2. The van der Waals surface area contributed by atoms with Gasteiger partial charge in [0.05, 0.1) is 31.9 Å². The van der Waals surface area contributed by atoms with Crippen LogP contribution in [0.5, 0.6) is 0 Å². The minimum atomic E-state index is -0.274. The lowest BCUT2D eigenvalue weighted by Crippen LogP contribution is -2.45. The maximum Gasteiger partial charge on any atom is 0.228 e. The number of amides is 2. The molecule has 6 nitrogen and oxygen atoms in total. The van der Waals surface area contributed by atoms with Crippen LogP contribution in [0.15, 0.2) is 40.3 Å². The van der Waals surface area contributed by atoms with Gasteiger partial charge in [-0.15, -0.1) is 11.3 Å². The Morgan fingerprint density at radius 3 is 2.96 bits per heavy atom. The zero-order chi connectivity index (χ0) is 17.2. The molecule has 0 aliphatic carbocycles. The number of hydrogen-bond donors (Lipinski definition) is 0. The molecular formula is C18H20N2O4S. The Hall–Kier alpha value is -2.12. The van der Waals surface area contributed by atoms with Crippen molar-refractivity contribution in [2.75, 3.05) is 26.2 Å². The van der Waals surface area contributed by atoms with Crippen LogP contribution in [0.2, 0.25) is 0 Å². The van der Waals surface area contributed by atoms with Crippen molar-refractivity contribution in [3.05, 3.63) is 46.5 Å². The highest BCUT2D eigenvalue weighted by atomic mass is 32.1. The van der Waals surface area contributed by atoms with Gasteiger partial charge in [-0.25, -0.2) is 0 Å². The molecule has 4 heterocycles. The first kappa shape index (κ1) is 16.4. The van der Waals surface area contributed by atoms with E-state index < -0.39 is 0 Å². The fourth-order valence-corrected chi connectivity index (χ4v) is 4.20. The number of nitrogens with zero attached hydrogens (tertiary/aromatic N) is 2. The molecule has 2 aromatic rings. The van der Waals surface area contributed by atoms with Crippen LogP contribution in [-0.2, 0) is 20.9 Å². The highest BCUT2D eigenvalue weighted by molar-refractivity contribution is 7.10. The number of likely N-dealkylation sites (tertiary alicyclic amines) is 1. The summed E-state index contributed by atoms with van der Waals surface area (Å²) in [4.78, 5) is 29.8. The van der Waals surface area contributed by atoms with Crippen LogP contribution in [0.25, 0.3) is 0 Å². The van der Waals surface area contributed by atoms with E-state index in [2.05, 4.69) is 0 Å². The Morgan fingerprint density at radius 1 is 1.28 bits per heavy atom. The van der Waals surface area contributed by atoms with E-state index in [0.29, 0.717) is 32.8 Å². The minimum absolute atomic E-state index is 0.0119. The number of carbonyl (C=O) groups is 2. The first-order valence-corrected chi connectivity index (χ1v) is 9.32. The van der Waals surface area contributed by atoms with Crippen LogP contribution in [0, 0.1) is 5.92 Å². The Labute approximate surface area is 150 Å². The van der Waals surface area contributed by atoms with E-state index in [1.807, 2.05) is 28.5 Å². The first-order valence-electron chi connectivity index (χ1n) is 8.44. The number of morpholine rings is 1. The van der Waals surface area contributed by atoms with E-state index in [9.17, 15) is 9.59 Å². The number of carbonyl (C=O) groups excluding carboxylic acids is 2. The van der Waals surface area contributed by atoms with Crippen molar-refractivity contribution in [2.24, 2.45) is 5.92 Å². The van der Waals surface area contributed by atoms with Gasteiger partial charge in [0, 0.05) is 24.4 Å². The van der Waals surface area contributed by atoms with E-state index in [0.717, 1.165) is 10.6 Å². The lowest BCUT2D eigenvalue weighted by Gasteiger charge is -2.34. The van der Waals surface area contributed by atoms with Crippen molar-refractivity contribution in [1.82, 2.24) is 9.80 Å². The lowest BCUT2D eigenvalue weighted by molar-refractivity contribution is -0.143. The molecule has 2 atom stereocenters. The van der Waals surface area contributed by atoms with Gasteiger partial charge in [-0.1, -0.05) is 6.07 Å². The smallest absolute Gasteiger partial charge is 0.228 e. The number of thiophene rings is 1. The molecule has 4 rings (SSSR count). The van der Waals surface area contributed by atoms with Gasteiger partial charge >= 0.3 is 0 Å². The van der Waals surface area contributed by atoms with E-state index in [1.165, 1.54) is 0 Å². The van der Waals surface area contributed by atoms with Gasteiger partial charge < -0.3 is 19.0 Å². The summed E-state index contributed by atoms with van der Waals surface area (Å²) < 4.78 is 11.1. The fourth-order valence-electron chi connectivity index (χ4n) is 3.44. The Balaban J connectivity index is 1.38. The van der Waals surface area contributed by atoms with Gasteiger partial charge in [0.1, 0.15) is 11.9 Å². The summed E-state index contributed by atoms with van der Waals surface area (Å²) in [6, 6.07) is 7.67. The summed E-state index contributed by atoms with van der Waals surface area (Å²) in [5.41, 5.74) is 0. The molecule has 2 amide bonds. The third-order valence-corrected chi connectivity index (χ3v) is 5.69. The van der Waals surface area contributed by atoms with Gasteiger partial charge in [-0.05, 0) is 23.6 Å². The second-order valence-electron chi connectivity index (χ2n) is 6.41. The maximum atomic E-state index is 12.9. The molecule has 2 aromatic heterocycles. The van der Waals surface area contributed by atoms with Gasteiger partial charge in [-0.3, -0.25) is 9.59 Å². The van der Waals surface area contributed by atoms with Crippen LogP contribution in [0.1, 0.15) is 23.2 Å². The largest absolute Gasteiger partial charge is 0.467 e. The second-order valence-corrected chi connectivity index (χ2v) is 7.39. The van der Waals surface area contributed by atoms with Crippen LogP contribution in [-0.4, -0.2) is 47.9 Å². The molecule has 2 aliphatic heterocycles. The summed E-state index contributed by atoms with van der Waals surface area (Å²) in [6.07, 6.45) is 1.81. The molecule has 0 spiro atoms. The molecule has 7 heteroatoms. The van der Waals surface area contributed by atoms with E-state index in [1.54, 1.807) is 28.6 Å². The van der Waals surface area contributed by atoms with E-state index in [-0.39, 0.29) is 30.3 Å². The monoisotopic (exact) mass is 360 g/mol. The Bertz CT molecular complexity index is 728. The second kappa shape index (κ2) is 7.01. The van der Waals surface area contributed by atoms with Crippen molar-refractivity contribution >= 4 is 23.2 Å². The average Bonchev–Trinajstić information content (AvgIpc) is 3.38. The van der Waals surface area contributed by atoms with Crippen LogP contribution in [0.3, 0.4) is 0 Å². The van der Waals surface area contributed by atoms with E-state index >= 15 is 0 Å². The molecule has 0 saturated carbocycles. The number of hydrogen-bond acceptors (Lipinski definition) is 5. The number of rotatable bonds is 4. The Morgan fingerprint density at radius 2 is 2.20 bits per heavy atom. The molecule has 0 radical (unpaired) electrons. The molecule has 0 bridgehead atoms. The van der Waals surface area contributed by atoms with Crippen LogP contribution >= 0.6 is 11.3 Å². The summed E-state index contributed by atoms with van der Waals surface area (Å²) in [7, 11) is 0. The molecule has 25 heavy (non-hydrogen) atoms. The Kier molecular flexibility index (Phi) is 4.59. The van der Waals surface area contributed by atoms with Crippen LogP contribution < -0.4 is 0 Å². The van der Waals surface area contributed by atoms with Crippen LogP contribution in [0.4, 0.5) is 0 Å². The molecule has 0 N–H and O–H groups in total. The van der Waals surface area contributed by atoms with Crippen molar-refractivity contribution in [3.63, 3.8) is 0 Å². The van der Waals surface area contributed by atoms with Gasteiger partial charge in [0.25, 0.3) is 0 Å². The van der Waals surface area contributed by atoms with Crippen molar-refractivity contribution < 1.29 is 18.7 Å². The molecule has 132 valence electrons. The van der Waals surface area contributed by atoms with Gasteiger partial charge in [0.15, 0.2) is 0 Å². The highest BCUT2D eigenvalue weighted by Gasteiger charge is 2.38. The lowest BCUT2D eigenvalue weighted by atomic mass is 10.1. The summed E-state index contributed by atoms with van der Waals surface area (Å²) in [5.74, 6) is 0.535.